The number of carbonyl (C=O) groups is 1. The van der Waals surface area contributed by atoms with Crippen LogP contribution in [0.25, 0.3) is 0 Å². The van der Waals surface area contributed by atoms with Crippen molar-refractivity contribution in [2.75, 3.05) is 19.0 Å². The molecule has 1 aliphatic heterocycles. The van der Waals surface area contributed by atoms with E-state index in [0.717, 1.165) is 17.0 Å². The van der Waals surface area contributed by atoms with Gasteiger partial charge in [0.05, 0.1) is 6.04 Å². The molecule has 1 heterocycles. The van der Waals surface area contributed by atoms with Gasteiger partial charge in [-0.2, -0.15) is 0 Å². The third kappa shape index (κ3) is 2.32. The van der Waals surface area contributed by atoms with E-state index in [9.17, 15) is 4.79 Å². The second-order valence-electron chi connectivity index (χ2n) is 4.70. The zero-order valence-corrected chi connectivity index (χ0v) is 11.2. The molecule has 4 heteroatoms. The maximum absolute atomic E-state index is 12.2. The van der Waals surface area contributed by atoms with Gasteiger partial charge in [-0.05, 0) is 30.3 Å². The maximum Gasteiger partial charge on any atom is 0.251 e. The van der Waals surface area contributed by atoms with Crippen LogP contribution in [0, 0.1) is 0 Å². The Balaban J connectivity index is 1.73. The lowest BCUT2D eigenvalue weighted by Gasteiger charge is -2.12. The fourth-order valence-electron chi connectivity index (χ4n) is 2.31. The average molecular weight is 268 g/mol. The van der Waals surface area contributed by atoms with Crippen LogP contribution in [0.5, 0.6) is 5.75 Å². The Labute approximate surface area is 117 Å². The highest BCUT2D eigenvalue weighted by Gasteiger charge is 2.25. The van der Waals surface area contributed by atoms with Gasteiger partial charge in [0.15, 0.2) is 0 Å². The van der Waals surface area contributed by atoms with Crippen molar-refractivity contribution < 1.29 is 9.53 Å². The van der Waals surface area contributed by atoms with E-state index >= 15 is 0 Å². The standard InChI is InChI=1S/C16H16N2O2/c1-17-12-8-6-11(7-9-12)16(19)18-14-10-20-15-5-3-2-4-13(14)15/h2-9,14,17H,10H2,1H3,(H,18,19). The topological polar surface area (TPSA) is 50.4 Å². The van der Waals surface area contributed by atoms with E-state index in [2.05, 4.69) is 10.6 Å². The predicted octanol–water partition coefficient (Wildman–Crippen LogP) is 2.59. The highest BCUT2D eigenvalue weighted by atomic mass is 16.5. The molecular weight excluding hydrogens is 252 g/mol. The van der Waals surface area contributed by atoms with Gasteiger partial charge in [-0.3, -0.25) is 4.79 Å². The first-order valence-corrected chi connectivity index (χ1v) is 6.58. The Morgan fingerprint density at radius 1 is 1.15 bits per heavy atom. The van der Waals surface area contributed by atoms with Crippen LogP contribution in [0.3, 0.4) is 0 Å². The fraction of sp³-hybridized carbons (Fsp3) is 0.188. The first-order chi connectivity index (χ1) is 9.78. The molecule has 2 N–H and O–H groups in total. The number of rotatable bonds is 3. The van der Waals surface area contributed by atoms with E-state index in [1.807, 2.05) is 55.6 Å². The molecule has 1 atom stereocenters. The molecule has 0 spiro atoms. The molecule has 2 aromatic carbocycles. The van der Waals surface area contributed by atoms with Crippen LogP contribution >= 0.6 is 0 Å². The molecule has 3 rings (SSSR count). The number of para-hydroxylation sites is 1. The number of anilines is 1. The summed E-state index contributed by atoms with van der Waals surface area (Å²) < 4.78 is 5.56. The predicted molar refractivity (Wildman–Crippen MR) is 78.1 cm³/mol. The summed E-state index contributed by atoms with van der Waals surface area (Å²) in [6, 6.07) is 15.1. The molecule has 2 aromatic rings. The van der Waals surface area contributed by atoms with Crippen molar-refractivity contribution in [3.05, 3.63) is 59.7 Å². The van der Waals surface area contributed by atoms with Gasteiger partial charge >= 0.3 is 0 Å². The number of amides is 1. The monoisotopic (exact) mass is 268 g/mol. The summed E-state index contributed by atoms with van der Waals surface area (Å²) in [5.74, 6) is 0.765. The SMILES string of the molecule is CNc1ccc(C(=O)NC2COc3ccccc32)cc1. The summed E-state index contributed by atoms with van der Waals surface area (Å²) in [6.45, 7) is 0.486. The molecule has 102 valence electrons. The van der Waals surface area contributed by atoms with Gasteiger partial charge in [0.2, 0.25) is 0 Å². The largest absolute Gasteiger partial charge is 0.491 e. The molecule has 0 radical (unpaired) electrons. The van der Waals surface area contributed by atoms with Crippen molar-refractivity contribution in [2.24, 2.45) is 0 Å². The Morgan fingerprint density at radius 3 is 2.65 bits per heavy atom. The van der Waals surface area contributed by atoms with Crippen molar-refractivity contribution >= 4 is 11.6 Å². The lowest BCUT2D eigenvalue weighted by Crippen LogP contribution is -2.29. The van der Waals surface area contributed by atoms with Crippen LogP contribution in [0.15, 0.2) is 48.5 Å². The van der Waals surface area contributed by atoms with Crippen molar-refractivity contribution in [3.8, 4) is 5.75 Å². The van der Waals surface area contributed by atoms with E-state index in [-0.39, 0.29) is 11.9 Å². The first-order valence-electron chi connectivity index (χ1n) is 6.58. The van der Waals surface area contributed by atoms with E-state index in [0.29, 0.717) is 12.2 Å². The molecule has 0 bridgehead atoms. The minimum absolute atomic E-state index is 0.0809. The summed E-state index contributed by atoms with van der Waals surface area (Å²) in [7, 11) is 1.85. The average Bonchev–Trinajstić information content (AvgIpc) is 2.91. The van der Waals surface area contributed by atoms with Crippen LogP contribution in [-0.4, -0.2) is 19.6 Å². The lowest BCUT2D eigenvalue weighted by molar-refractivity contribution is 0.0930. The molecule has 1 amide bonds. The van der Waals surface area contributed by atoms with Crippen molar-refractivity contribution in [1.29, 1.82) is 0 Å². The van der Waals surface area contributed by atoms with Gasteiger partial charge in [-0.25, -0.2) is 0 Å². The number of ether oxygens (including phenoxy) is 1. The highest BCUT2D eigenvalue weighted by molar-refractivity contribution is 5.94. The molecule has 4 nitrogen and oxygen atoms in total. The molecule has 0 aromatic heterocycles. The van der Waals surface area contributed by atoms with E-state index < -0.39 is 0 Å². The number of hydrogen-bond acceptors (Lipinski definition) is 3. The Bertz CT molecular complexity index is 623. The van der Waals surface area contributed by atoms with Crippen LogP contribution in [0.4, 0.5) is 5.69 Å². The number of benzene rings is 2. The smallest absolute Gasteiger partial charge is 0.251 e. The summed E-state index contributed by atoms with van der Waals surface area (Å²) in [5.41, 5.74) is 2.66. The van der Waals surface area contributed by atoms with Crippen LogP contribution in [0.1, 0.15) is 22.0 Å². The number of carbonyl (C=O) groups excluding carboxylic acids is 1. The van der Waals surface area contributed by atoms with Gasteiger partial charge in [0, 0.05) is 23.9 Å². The van der Waals surface area contributed by atoms with Crippen molar-refractivity contribution in [2.45, 2.75) is 6.04 Å². The second kappa shape index (κ2) is 5.25. The molecule has 0 aliphatic carbocycles. The van der Waals surface area contributed by atoms with Crippen LogP contribution in [0.2, 0.25) is 0 Å². The number of hydrogen-bond donors (Lipinski definition) is 2. The molecular formula is C16H16N2O2. The maximum atomic E-state index is 12.2. The summed E-state index contributed by atoms with van der Waals surface area (Å²) in [4.78, 5) is 12.2. The molecule has 1 aliphatic rings. The molecule has 0 fully saturated rings. The second-order valence-corrected chi connectivity index (χ2v) is 4.70. The van der Waals surface area contributed by atoms with Gasteiger partial charge in [0.25, 0.3) is 5.91 Å². The van der Waals surface area contributed by atoms with Gasteiger partial charge in [-0.1, -0.05) is 18.2 Å². The minimum Gasteiger partial charge on any atom is -0.491 e. The summed E-state index contributed by atoms with van der Waals surface area (Å²) in [5, 5.41) is 6.03. The van der Waals surface area contributed by atoms with Gasteiger partial charge < -0.3 is 15.4 Å². The van der Waals surface area contributed by atoms with Crippen molar-refractivity contribution in [1.82, 2.24) is 5.32 Å². The third-order valence-electron chi connectivity index (χ3n) is 3.44. The number of nitrogens with one attached hydrogen (secondary N) is 2. The van der Waals surface area contributed by atoms with Gasteiger partial charge in [-0.15, -0.1) is 0 Å². The highest BCUT2D eigenvalue weighted by Crippen LogP contribution is 2.31. The Hall–Kier alpha value is -2.49. The quantitative estimate of drug-likeness (QED) is 0.899. The zero-order valence-electron chi connectivity index (χ0n) is 11.2. The molecule has 20 heavy (non-hydrogen) atoms. The van der Waals surface area contributed by atoms with Crippen molar-refractivity contribution in [3.63, 3.8) is 0 Å². The van der Waals surface area contributed by atoms with Gasteiger partial charge in [0.1, 0.15) is 12.4 Å². The van der Waals surface area contributed by atoms with Crippen LogP contribution < -0.4 is 15.4 Å². The van der Waals surface area contributed by atoms with E-state index in [1.54, 1.807) is 0 Å². The normalized spacial score (nSPS) is 16.1. The lowest BCUT2D eigenvalue weighted by atomic mass is 10.1. The van der Waals surface area contributed by atoms with E-state index in [1.165, 1.54) is 0 Å². The summed E-state index contributed by atoms with van der Waals surface area (Å²) in [6.07, 6.45) is 0. The van der Waals surface area contributed by atoms with E-state index in [4.69, 9.17) is 4.74 Å². The molecule has 0 saturated carbocycles. The first kappa shape index (κ1) is 12.5. The number of fused-ring (bicyclic) bond motifs is 1. The molecule has 1 unspecified atom stereocenters. The summed E-state index contributed by atoms with van der Waals surface area (Å²) >= 11 is 0. The third-order valence-corrected chi connectivity index (χ3v) is 3.44. The minimum atomic E-state index is -0.0852. The Morgan fingerprint density at radius 2 is 1.90 bits per heavy atom. The van der Waals surface area contributed by atoms with Crippen LogP contribution in [-0.2, 0) is 0 Å². The fourth-order valence-corrected chi connectivity index (χ4v) is 2.31. The molecule has 0 saturated heterocycles. The Kier molecular flexibility index (Phi) is 3.29. The zero-order chi connectivity index (χ0) is 13.9.